The first kappa shape index (κ1) is 10.6. The molecule has 3 rings (SSSR count). The van der Waals surface area contributed by atoms with Crippen LogP contribution in [0.2, 0.25) is 0 Å². The quantitative estimate of drug-likeness (QED) is 0.714. The van der Waals surface area contributed by atoms with Gasteiger partial charge < -0.3 is 10.2 Å². The van der Waals surface area contributed by atoms with Crippen LogP contribution in [0.5, 0.6) is 0 Å². The molecule has 2 heterocycles. The average molecular weight is 236 g/mol. The van der Waals surface area contributed by atoms with Gasteiger partial charge in [0, 0.05) is 25.0 Å². The van der Waals surface area contributed by atoms with Gasteiger partial charge in [-0.2, -0.15) is 0 Å². The summed E-state index contributed by atoms with van der Waals surface area (Å²) in [7, 11) is 1.98. The zero-order valence-corrected chi connectivity index (χ0v) is 10.2. The second-order valence-corrected chi connectivity index (χ2v) is 4.02. The number of hydrogen-bond acceptors (Lipinski definition) is 4. The van der Waals surface area contributed by atoms with Crippen molar-refractivity contribution in [1.29, 1.82) is 0 Å². The molecule has 1 aromatic heterocycles. The van der Waals surface area contributed by atoms with Crippen LogP contribution in [-0.4, -0.2) is 17.0 Å². The lowest BCUT2D eigenvalue weighted by Gasteiger charge is -2.28. The van der Waals surface area contributed by atoms with Gasteiger partial charge in [-0.1, -0.05) is 5.92 Å². The summed E-state index contributed by atoms with van der Waals surface area (Å²) in [4.78, 5) is 10.6. The highest BCUT2D eigenvalue weighted by atomic mass is 15.3. The highest BCUT2D eigenvalue weighted by Crippen LogP contribution is 2.40. The van der Waals surface area contributed by atoms with Crippen molar-refractivity contribution in [2.75, 3.05) is 17.3 Å². The van der Waals surface area contributed by atoms with Crippen molar-refractivity contribution in [2.24, 2.45) is 0 Å². The van der Waals surface area contributed by atoms with Crippen LogP contribution in [0.15, 0.2) is 30.6 Å². The molecule has 1 N–H and O–H groups in total. The Morgan fingerprint density at radius 3 is 2.89 bits per heavy atom. The Balaban J connectivity index is 2.12. The van der Waals surface area contributed by atoms with Gasteiger partial charge >= 0.3 is 0 Å². The van der Waals surface area contributed by atoms with Gasteiger partial charge in [-0.3, -0.25) is 0 Å². The third kappa shape index (κ3) is 1.57. The van der Waals surface area contributed by atoms with Gasteiger partial charge in [-0.25, -0.2) is 9.97 Å². The third-order valence-corrected chi connectivity index (χ3v) is 2.88. The van der Waals surface area contributed by atoms with E-state index in [-0.39, 0.29) is 0 Å². The van der Waals surface area contributed by atoms with E-state index in [1.165, 1.54) is 0 Å². The van der Waals surface area contributed by atoms with Gasteiger partial charge in [0.25, 0.3) is 0 Å². The van der Waals surface area contributed by atoms with Crippen LogP contribution in [0.25, 0.3) is 0 Å². The predicted octanol–water partition coefficient (Wildman–Crippen LogP) is 2.67. The Kier molecular flexibility index (Phi) is 2.38. The van der Waals surface area contributed by atoms with Crippen LogP contribution in [0.1, 0.15) is 12.5 Å². The van der Waals surface area contributed by atoms with Crippen molar-refractivity contribution in [3.05, 3.63) is 36.2 Å². The fourth-order valence-electron chi connectivity index (χ4n) is 2.06. The molecule has 0 aliphatic carbocycles. The van der Waals surface area contributed by atoms with Gasteiger partial charge in [-0.05, 0) is 25.1 Å². The SMILES string of the molecule is CC#Cc1ccc2c(c1)Nc1nccnc1N2C. The lowest BCUT2D eigenvalue weighted by Crippen LogP contribution is -2.19. The second kappa shape index (κ2) is 4.04. The fourth-order valence-corrected chi connectivity index (χ4v) is 2.06. The summed E-state index contributed by atoms with van der Waals surface area (Å²) in [5.41, 5.74) is 3.07. The Morgan fingerprint density at radius 1 is 1.22 bits per heavy atom. The molecule has 0 fully saturated rings. The van der Waals surface area contributed by atoms with Gasteiger partial charge in [0.1, 0.15) is 0 Å². The first-order valence-corrected chi connectivity index (χ1v) is 5.68. The zero-order chi connectivity index (χ0) is 12.5. The van der Waals surface area contributed by atoms with Gasteiger partial charge in [0.2, 0.25) is 0 Å². The van der Waals surface area contributed by atoms with Crippen molar-refractivity contribution in [3.8, 4) is 11.8 Å². The minimum Gasteiger partial charge on any atom is -0.335 e. The number of benzene rings is 1. The Bertz CT molecular complexity index is 667. The Morgan fingerprint density at radius 2 is 2.06 bits per heavy atom. The molecule has 1 aliphatic heterocycles. The molecule has 0 bridgehead atoms. The van der Waals surface area contributed by atoms with E-state index in [1.807, 2.05) is 37.1 Å². The van der Waals surface area contributed by atoms with Crippen molar-refractivity contribution >= 4 is 23.0 Å². The normalized spacial score (nSPS) is 11.8. The van der Waals surface area contributed by atoms with Crippen LogP contribution < -0.4 is 10.2 Å². The molecule has 2 aromatic rings. The molecule has 0 unspecified atom stereocenters. The summed E-state index contributed by atoms with van der Waals surface area (Å²) < 4.78 is 0. The van der Waals surface area contributed by atoms with E-state index in [4.69, 9.17) is 0 Å². The minimum absolute atomic E-state index is 0.772. The van der Waals surface area contributed by atoms with Crippen LogP contribution >= 0.6 is 0 Å². The molecule has 4 heteroatoms. The van der Waals surface area contributed by atoms with Crippen molar-refractivity contribution < 1.29 is 0 Å². The van der Waals surface area contributed by atoms with Crippen molar-refractivity contribution in [3.63, 3.8) is 0 Å². The molecule has 0 amide bonds. The van der Waals surface area contributed by atoms with Crippen molar-refractivity contribution in [1.82, 2.24) is 9.97 Å². The molecule has 0 saturated carbocycles. The number of rotatable bonds is 0. The smallest absolute Gasteiger partial charge is 0.176 e. The first-order valence-electron chi connectivity index (χ1n) is 5.68. The monoisotopic (exact) mass is 236 g/mol. The maximum absolute atomic E-state index is 4.33. The highest BCUT2D eigenvalue weighted by Gasteiger charge is 2.21. The summed E-state index contributed by atoms with van der Waals surface area (Å²) >= 11 is 0. The van der Waals surface area contributed by atoms with E-state index in [9.17, 15) is 0 Å². The van der Waals surface area contributed by atoms with Crippen LogP contribution in [-0.2, 0) is 0 Å². The summed E-state index contributed by atoms with van der Waals surface area (Å²) in [6.07, 6.45) is 3.37. The van der Waals surface area contributed by atoms with Gasteiger partial charge in [0.15, 0.2) is 11.6 Å². The summed E-state index contributed by atoms with van der Waals surface area (Å²) in [5, 5.41) is 3.29. The first-order chi connectivity index (χ1) is 8.79. The predicted molar refractivity (Wildman–Crippen MR) is 72.4 cm³/mol. The Hall–Kier alpha value is -2.54. The standard InChI is InChI=1S/C14H12N4/c1-3-4-10-5-6-12-11(9-10)17-13-14(18(12)2)16-8-7-15-13/h5-9H,1-2H3,(H,15,17). The molecule has 1 aliphatic rings. The van der Waals surface area contributed by atoms with Crippen molar-refractivity contribution in [2.45, 2.75) is 6.92 Å². The number of anilines is 4. The van der Waals surface area contributed by atoms with E-state index in [1.54, 1.807) is 12.4 Å². The molecule has 88 valence electrons. The number of nitrogens with one attached hydrogen (secondary N) is 1. The summed E-state index contributed by atoms with van der Waals surface area (Å²) in [6, 6.07) is 6.08. The largest absolute Gasteiger partial charge is 0.335 e. The lowest BCUT2D eigenvalue weighted by molar-refractivity contribution is 1.07. The van der Waals surface area contributed by atoms with Crippen LogP contribution in [0.3, 0.4) is 0 Å². The maximum Gasteiger partial charge on any atom is 0.176 e. The molecule has 18 heavy (non-hydrogen) atoms. The molecule has 0 radical (unpaired) electrons. The van der Waals surface area contributed by atoms with Crippen LogP contribution in [0.4, 0.5) is 23.0 Å². The molecule has 0 spiro atoms. The second-order valence-electron chi connectivity index (χ2n) is 4.02. The summed E-state index contributed by atoms with van der Waals surface area (Å²) in [6.45, 7) is 1.83. The lowest BCUT2D eigenvalue weighted by atomic mass is 10.1. The molecule has 4 nitrogen and oxygen atoms in total. The van der Waals surface area contributed by atoms with E-state index < -0.39 is 0 Å². The molecule has 0 saturated heterocycles. The number of aromatic nitrogens is 2. The number of hydrogen-bond donors (Lipinski definition) is 1. The maximum atomic E-state index is 4.33. The number of nitrogens with zero attached hydrogens (tertiary/aromatic N) is 3. The summed E-state index contributed by atoms with van der Waals surface area (Å²) in [5.74, 6) is 7.56. The zero-order valence-electron chi connectivity index (χ0n) is 10.2. The molecular weight excluding hydrogens is 224 g/mol. The van der Waals surface area contributed by atoms with E-state index >= 15 is 0 Å². The highest BCUT2D eigenvalue weighted by molar-refractivity contribution is 5.88. The average Bonchev–Trinajstić information content (AvgIpc) is 2.39. The molecule has 1 aromatic carbocycles. The molecular formula is C14H12N4. The van der Waals surface area contributed by atoms with E-state index in [0.717, 1.165) is 28.6 Å². The minimum atomic E-state index is 0.772. The van der Waals surface area contributed by atoms with E-state index in [2.05, 4.69) is 27.1 Å². The van der Waals surface area contributed by atoms with Gasteiger partial charge in [-0.15, -0.1) is 5.92 Å². The van der Waals surface area contributed by atoms with Crippen LogP contribution in [0, 0.1) is 11.8 Å². The molecule has 0 atom stereocenters. The number of fused-ring (bicyclic) bond motifs is 2. The van der Waals surface area contributed by atoms with Gasteiger partial charge in [0.05, 0.1) is 11.4 Å². The Labute approximate surface area is 106 Å². The topological polar surface area (TPSA) is 41.1 Å². The van der Waals surface area contributed by atoms with E-state index in [0.29, 0.717) is 0 Å². The fraction of sp³-hybridized carbons (Fsp3) is 0.143. The third-order valence-electron chi connectivity index (χ3n) is 2.88.